The Labute approximate surface area is 115 Å². The normalized spacial score (nSPS) is 10.7. The third-order valence-corrected chi connectivity index (χ3v) is 3.96. The molecule has 18 heavy (non-hydrogen) atoms. The molecule has 0 aliphatic carbocycles. The predicted molar refractivity (Wildman–Crippen MR) is 80.5 cm³/mol. The van der Waals surface area contributed by atoms with Crippen molar-refractivity contribution in [2.45, 2.75) is 34.1 Å². The van der Waals surface area contributed by atoms with Crippen molar-refractivity contribution in [2.75, 3.05) is 0 Å². The van der Waals surface area contributed by atoms with Crippen LogP contribution in [-0.4, -0.2) is 0 Å². The first-order valence-corrected chi connectivity index (χ1v) is 6.78. The van der Waals surface area contributed by atoms with Gasteiger partial charge in [-0.3, -0.25) is 0 Å². The number of halogens is 1. The fourth-order valence-electron chi connectivity index (χ4n) is 2.85. The lowest BCUT2D eigenvalue weighted by Crippen LogP contribution is -1.98. The molecule has 0 radical (unpaired) electrons. The van der Waals surface area contributed by atoms with Crippen molar-refractivity contribution < 1.29 is 0 Å². The average Bonchev–Trinajstić information content (AvgIpc) is 2.31. The molecule has 0 atom stereocenters. The molecule has 0 aliphatic heterocycles. The first-order chi connectivity index (χ1) is 8.56. The summed E-state index contributed by atoms with van der Waals surface area (Å²) in [5.41, 5.74) is 7.92. The van der Waals surface area contributed by atoms with Crippen molar-refractivity contribution >= 4 is 11.6 Å². The number of rotatable bonds is 2. The first-order valence-electron chi connectivity index (χ1n) is 6.40. The van der Waals surface area contributed by atoms with Gasteiger partial charge in [-0.15, -0.1) is 0 Å². The van der Waals surface area contributed by atoms with E-state index >= 15 is 0 Å². The fraction of sp³-hybridized carbons (Fsp3) is 0.294. The molecule has 0 N–H and O–H groups in total. The van der Waals surface area contributed by atoms with Crippen LogP contribution in [0.4, 0.5) is 0 Å². The van der Waals surface area contributed by atoms with Gasteiger partial charge in [0.2, 0.25) is 0 Å². The van der Waals surface area contributed by atoms with Crippen LogP contribution < -0.4 is 0 Å². The molecule has 0 unspecified atom stereocenters. The van der Waals surface area contributed by atoms with E-state index in [2.05, 4.69) is 39.8 Å². The lowest BCUT2D eigenvalue weighted by Gasteiger charge is -2.17. The molecule has 0 fully saturated rings. The summed E-state index contributed by atoms with van der Waals surface area (Å²) >= 11 is 6.34. The van der Waals surface area contributed by atoms with Crippen LogP contribution in [0.15, 0.2) is 30.3 Å². The van der Waals surface area contributed by atoms with Gasteiger partial charge in [0.05, 0.1) is 0 Å². The Morgan fingerprint density at radius 2 is 1.67 bits per heavy atom. The smallest absolute Gasteiger partial charge is 0.0484 e. The SMILES string of the molecule is CCc1c(C)cc(C)c(-c2ccccc2Cl)c1C. The van der Waals surface area contributed by atoms with E-state index in [4.69, 9.17) is 11.6 Å². The standard InChI is InChI=1S/C17H19Cl/c1-5-14-11(2)10-12(3)17(13(14)4)15-8-6-7-9-16(15)18/h6-10H,5H2,1-4H3. The molecule has 2 aromatic carbocycles. The van der Waals surface area contributed by atoms with E-state index in [1.807, 2.05) is 18.2 Å². The Bertz CT molecular complexity index is 582. The van der Waals surface area contributed by atoms with Crippen LogP contribution in [0.25, 0.3) is 11.1 Å². The van der Waals surface area contributed by atoms with Gasteiger partial charge in [0.25, 0.3) is 0 Å². The summed E-state index contributed by atoms with van der Waals surface area (Å²) in [6.45, 7) is 8.77. The van der Waals surface area contributed by atoms with Crippen molar-refractivity contribution in [2.24, 2.45) is 0 Å². The van der Waals surface area contributed by atoms with Crippen LogP contribution in [0.1, 0.15) is 29.2 Å². The van der Waals surface area contributed by atoms with E-state index < -0.39 is 0 Å². The van der Waals surface area contributed by atoms with Crippen LogP contribution in [0, 0.1) is 20.8 Å². The van der Waals surface area contributed by atoms with E-state index in [0.717, 1.165) is 17.0 Å². The van der Waals surface area contributed by atoms with E-state index in [9.17, 15) is 0 Å². The lowest BCUT2D eigenvalue weighted by atomic mass is 9.88. The molecule has 94 valence electrons. The molecule has 0 aromatic heterocycles. The van der Waals surface area contributed by atoms with Crippen molar-refractivity contribution in [3.8, 4) is 11.1 Å². The third kappa shape index (κ3) is 2.18. The highest BCUT2D eigenvalue weighted by Gasteiger charge is 2.13. The predicted octanol–water partition coefficient (Wildman–Crippen LogP) is 5.49. The van der Waals surface area contributed by atoms with Crippen molar-refractivity contribution in [3.63, 3.8) is 0 Å². The van der Waals surface area contributed by atoms with Gasteiger partial charge < -0.3 is 0 Å². The second-order valence-electron chi connectivity index (χ2n) is 4.82. The minimum atomic E-state index is 0.828. The van der Waals surface area contributed by atoms with Gasteiger partial charge in [-0.2, -0.15) is 0 Å². The van der Waals surface area contributed by atoms with Gasteiger partial charge in [0, 0.05) is 10.6 Å². The zero-order valence-electron chi connectivity index (χ0n) is 11.5. The summed E-state index contributed by atoms with van der Waals surface area (Å²) in [7, 11) is 0. The summed E-state index contributed by atoms with van der Waals surface area (Å²) in [4.78, 5) is 0. The van der Waals surface area contributed by atoms with E-state index in [1.54, 1.807) is 0 Å². The molecular formula is C17H19Cl. The monoisotopic (exact) mass is 258 g/mol. The zero-order valence-corrected chi connectivity index (χ0v) is 12.2. The third-order valence-electron chi connectivity index (χ3n) is 3.63. The minimum Gasteiger partial charge on any atom is -0.0837 e. The highest BCUT2D eigenvalue weighted by Crippen LogP contribution is 2.35. The molecule has 0 nitrogen and oxygen atoms in total. The van der Waals surface area contributed by atoms with Gasteiger partial charge in [-0.25, -0.2) is 0 Å². The van der Waals surface area contributed by atoms with Gasteiger partial charge in [0.1, 0.15) is 0 Å². The Morgan fingerprint density at radius 3 is 2.28 bits per heavy atom. The average molecular weight is 259 g/mol. The maximum atomic E-state index is 6.34. The Balaban J connectivity index is 2.76. The first kappa shape index (κ1) is 13.2. The van der Waals surface area contributed by atoms with E-state index in [1.165, 1.54) is 27.8 Å². The topological polar surface area (TPSA) is 0 Å². The number of aryl methyl sites for hydroxylation is 2. The number of hydrogen-bond acceptors (Lipinski definition) is 0. The molecule has 1 heteroatoms. The maximum Gasteiger partial charge on any atom is 0.0484 e. The van der Waals surface area contributed by atoms with Gasteiger partial charge in [0.15, 0.2) is 0 Å². The summed E-state index contributed by atoms with van der Waals surface area (Å²) in [6, 6.07) is 10.4. The van der Waals surface area contributed by atoms with Gasteiger partial charge in [-0.1, -0.05) is 42.8 Å². The number of benzene rings is 2. The molecule has 0 spiro atoms. The molecule has 0 saturated carbocycles. The summed E-state index contributed by atoms with van der Waals surface area (Å²) in [5.74, 6) is 0. The van der Waals surface area contributed by atoms with E-state index in [0.29, 0.717) is 0 Å². The molecule has 2 aromatic rings. The van der Waals surface area contributed by atoms with Crippen LogP contribution >= 0.6 is 11.6 Å². The highest BCUT2D eigenvalue weighted by atomic mass is 35.5. The van der Waals surface area contributed by atoms with Crippen LogP contribution in [0.2, 0.25) is 5.02 Å². The number of hydrogen-bond donors (Lipinski definition) is 0. The maximum absolute atomic E-state index is 6.34. The second kappa shape index (κ2) is 5.16. The van der Waals surface area contributed by atoms with Crippen molar-refractivity contribution in [1.82, 2.24) is 0 Å². The lowest BCUT2D eigenvalue weighted by molar-refractivity contribution is 1.07. The van der Waals surface area contributed by atoms with Gasteiger partial charge >= 0.3 is 0 Å². The molecule has 0 amide bonds. The molecular weight excluding hydrogens is 240 g/mol. The molecule has 0 bridgehead atoms. The van der Waals surface area contributed by atoms with Crippen LogP contribution in [0.3, 0.4) is 0 Å². The highest BCUT2D eigenvalue weighted by molar-refractivity contribution is 6.33. The summed E-state index contributed by atoms with van der Waals surface area (Å²) < 4.78 is 0. The second-order valence-corrected chi connectivity index (χ2v) is 5.23. The zero-order chi connectivity index (χ0) is 13.3. The summed E-state index contributed by atoms with van der Waals surface area (Å²) in [5, 5.41) is 0.828. The Kier molecular flexibility index (Phi) is 3.77. The molecule has 0 saturated heterocycles. The molecule has 0 heterocycles. The van der Waals surface area contributed by atoms with Crippen LogP contribution in [-0.2, 0) is 6.42 Å². The van der Waals surface area contributed by atoms with Crippen molar-refractivity contribution in [3.05, 3.63) is 57.6 Å². The summed E-state index contributed by atoms with van der Waals surface area (Å²) in [6.07, 6.45) is 1.06. The van der Waals surface area contributed by atoms with Gasteiger partial charge in [-0.05, 0) is 61.1 Å². The van der Waals surface area contributed by atoms with Crippen molar-refractivity contribution in [1.29, 1.82) is 0 Å². The minimum absolute atomic E-state index is 0.828. The fourth-order valence-corrected chi connectivity index (χ4v) is 3.08. The Hall–Kier alpha value is -1.27. The molecule has 2 rings (SSSR count). The molecule has 0 aliphatic rings. The largest absolute Gasteiger partial charge is 0.0837 e. The van der Waals surface area contributed by atoms with Crippen LogP contribution in [0.5, 0.6) is 0 Å². The Morgan fingerprint density at radius 1 is 1.00 bits per heavy atom. The quantitative estimate of drug-likeness (QED) is 0.668. The van der Waals surface area contributed by atoms with E-state index in [-0.39, 0.29) is 0 Å².